The van der Waals surface area contributed by atoms with E-state index in [2.05, 4.69) is 24.3 Å². The van der Waals surface area contributed by atoms with Gasteiger partial charge in [-0.25, -0.2) is 4.90 Å². The number of aromatic hydroxyl groups is 1. The maximum atomic E-state index is 13.5. The van der Waals surface area contributed by atoms with Gasteiger partial charge in [0, 0.05) is 11.8 Å². The summed E-state index contributed by atoms with van der Waals surface area (Å²) in [6, 6.07) is 22.7. The lowest BCUT2D eigenvalue weighted by Gasteiger charge is -2.45. The molecule has 3 aliphatic carbocycles. The highest BCUT2D eigenvalue weighted by Gasteiger charge is 2.61. The summed E-state index contributed by atoms with van der Waals surface area (Å²) < 4.78 is 0. The van der Waals surface area contributed by atoms with E-state index < -0.39 is 0 Å². The summed E-state index contributed by atoms with van der Waals surface area (Å²) in [5, 5.41) is 9.58. The van der Waals surface area contributed by atoms with Gasteiger partial charge in [-0.05, 0) is 46.5 Å². The zero-order valence-corrected chi connectivity index (χ0v) is 14.9. The minimum Gasteiger partial charge on any atom is -0.508 e. The summed E-state index contributed by atoms with van der Waals surface area (Å²) in [6.07, 6.45) is 0. The molecule has 0 radical (unpaired) electrons. The van der Waals surface area contributed by atoms with Crippen LogP contribution in [0, 0.1) is 11.8 Å². The first-order chi connectivity index (χ1) is 13.7. The van der Waals surface area contributed by atoms with Crippen LogP contribution in [0.3, 0.4) is 0 Å². The van der Waals surface area contributed by atoms with Gasteiger partial charge >= 0.3 is 0 Å². The summed E-state index contributed by atoms with van der Waals surface area (Å²) >= 11 is 0. The molecule has 0 saturated carbocycles. The predicted molar refractivity (Wildman–Crippen MR) is 104 cm³/mol. The fraction of sp³-hybridized carbons (Fsp3) is 0.167. The molecule has 4 heteroatoms. The predicted octanol–water partition coefficient (Wildman–Crippen LogP) is 3.79. The van der Waals surface area contributed by atoms with Gasteiger partial charge in [0.2, 0.25) is 11.8 Å². The highest BCUT2D eigenvalue weighted by Crippen LogP contribution is 2.61. The van der Waals surface area contributed by atoms with Gasteiger partial charge in [0.15, 0.2) is 0 Å². The molecule has 1 heterocycles. The molecule has 1 saturated heterocycles. The lowest BCUT2D eigenvalue weighted by atomic mass is 9.55. The molecule has 136 valence electrons. The first-order valence-corrected chi connectivity index (χ1v) is 9.51. The molecule has 2 amide bonds. The van der Waals surface area contributed by atoms with Crippen LogP contribution < -0.4 is 4.90 Å². The van der Waals surface area contributed by atoms with Crippen LogP contribution in [-0.2, 0) is 9.59 Å². The topological polar surface area (TPSA) is 57.6 Å². The Morgan fingerprint density at radius 2 is 1.00 bits per heavy atom. The van der Waals surface area contributed by atoms with Gasteiger partial charge in [-0.1, -0.05) is 48.5 Å². The number of imide groups is 1. The number of amides is 2. The zero-order chi connectivity index (χ0) is 19.0. The number of phenols is 1. The summed E-state index contributed by atoms with van der Waals surface area (Å²) in [5.74, 6) is -1.12. The van der Waals surface area contributed by atoms with Crippen molar-refractivity contribution in [1.82, 2.24) is 0 Å². The van der Waals surface area contributed by atoms with E-state index in [1.54, 1.807) is 12.1 Å². The van der Waals surface area contributed by atoms with Crippen LogP contribution in [0.5, 0.6) is 5.75 Å². The number of hydrogen-bond acceptors (Lipinski definition) is 3. The van der Waals surface area contributed by atoms with E-state index in [9.17, 15) is 14.7 Å². The molecule has 0 aromatic heterocycles. The second-order valence-electron chi connectivity index (χ2n) is 7.79. The van der Waals surface area contributed by atoms with E-state index >= 15 is 0 Å². The van der Waals surface area contributed by atoms with E-state index in [1.165, 1.54) is 39.3 Å². The van der Waals surface area contributed by atoms with Gasteiger partial charge in [-0.3, -0.25) is 9.59 Å². The first-order valence-electron chi connectivity index (χ1n) is 9.51. The Hall–Kier alpha value is -3.40. The van der Waals surface area contributed by atoms with Crippen LogP contribution in [0.1, 0.15) is 34.1 Å². The molecular formula is C24H17NO3. The third-order valence-corrected chi connectivity index (χ3v) is 6.56. The van der Waals surface area contributed by atoms with Crippen molar-refractivity contribution >= 4 is 17.5 Å². The molecule has 2 bridgehead atoms. The molecule has 7 rings (SSSR count). The van der Waals surface area contributed by atoms with E-state index in [4.69, 9.17) is 0 Å². The zero-order valence-electron chi connectivity index (χ0n) is 14.9. The fourth-order valence-corrected chi connectivity index (χ4v) is 5.53. The fourth-order valence-electron chi connectivity index (χ4n) is 5.53. The maximum Gasteiger partial charge on any atom is 0.238 e. The average molecular weight is 367 g/mol. The molecule has 1 N–H and O–H groups in total. The SMILES string of the molecule is O=C1[C@H]2C3c4ccccc4C(c4ccccc43)[C@@H]2C(=O)N1c1ccc(O)cc1. The number of benzene rings is 3. The van der Waals surface area contributed by atoms with Gasteiger partial charge in [0.25, 0.3) is 0 Å². The second kappa shape index (κ2) is 5.32. The van der Waals surface area contributed by atoms with Crippen molar-refractivity contribution in [2.45, 2.75) is 11.8 Å². The minimum atomic E-state index is -0.379. The van der Waals surface area contributed by atoms with E-state index in [-0.39, 0.29) is 41.2 Å². The molecule has 0 unspecified atom stereocenters. The Kier molecular flexibility index (Phi) is 2.97. The molecule has 2 atom stereocenters. The molecule has 3 aromatic carbocycles. The van der Waals surface area contributed by atoms with Crippen molar-refractivity contribution in [2.24, 2.45) is 11.8 Å². The Morgan fingerprint density at radius 3 is 1.39 bits per heavy atom. The highest BCUT2D eigenvalue weighted by atomic mass is 16.3. The third kappa shape index (κ3) is 1.80. The van der Waals surface area contributed by atoms with Crippen molar-refractivity contribution < 1.29 is 14.7 Å². The molecule has 4 nitrogen and oxygen atoms in total. The Morgan fingerprint density at radius 1 is 0.607 bits per heavy atom. The smallest absolute Gasteiger partial charge is 0.238 e. The van der Waals surface area contributed by atoms with Crippen LogP contribution in [0.25, 0.3) is 0 Å². The maximum absolute atomic E-state index is 13.5. The van der Waals surface area contributed by atoms with Gasteiger partial charge < -0.3 is 5.11 Å². The summed E-state index contributed by atoms with van der Waals surface area (Å²) in [6.45, 7) is 0. The second-order valence-corrected chi connectivity index (χ2v) is 7.79. The molecule has 1 aliphatic heterocycles. The van der Waals surface area contributed by atoms with Crippen molar-refractivity contribution in [3.8, 4) is 5.75 Å². The number of carbonyl (C=O) groups is 2. The lowest BCUT2D eigenvalue weighted by molar-refractivity contribution is -0.122. The van der Waals surface area contributed by atoms with E-state index in [0.717, 1.165) is 0 Å². The van der Waals surface area contributed by atoms with Crippen LogP contribution in [-0.4, -0.2) is 16.9 Å². The normalized spacial score (nSPS) is 26.8. The Bertz CT molecular complexity index is 1040. The van der Waals surface area contributed by atoms with Crippen LogP contribution >= 0.6 is 0 Å². The average Bonchev–Trinajstić information content (AvgIpc) is 3.00. The number of rotatable bonds is 1. The van der Waals surface area contributed by atoms with Crippen LogP contribution in [0.15, 0.2) is 72.8 Å². The molecule has 3 aromatic rings. The standard InChI is InChI=1S/C24H17NO3/c26-14-11-9-13(10-12-14)25-23(27)21-19-15-5-1-2-6-16(15)20(22(21)24(25)28)18-8-4-3-7-17(18)19/h1-12,19-22,26H/t19?,20?,21-,22-/m0/s1. The van der Waals surface area contributed by atoms with Crippen LogP contribution in [0.2, 0.25) is 0 Å². The number of hydrogen-bond donors (Lipinski definition) is 1. The first kappa shape index (κ1) is 15.6. The minimum absolute atomic E-state index is 0.0963. The van der Waals surface area contributed by atoms with Crippen molar-refractivity contribution in [3.05, 3.63) is 95.1 Å². The monoisotopic (exact) mass is 367 g/mol. The Labute approximate surface area is 162 Å². The number of nitrogens with zero attached hydrogens (tertiary/aromatic N) is 1. The largest absolute Gasteiger partial charge is 0.508 e. The molecule has 4 aliphatic rings. The number of anilines is 1. The van der Waals surface area contributed by atoms with Crippen molar-refractivity contribution in [2.75, 3.05) is 4.90 Å². The lowest BCUT2D eigenvalue weighted by Crippen LogP contribution is -2.41. The van der Waals surface area contributed by atoms with Gasteiger partial charge in [0.05, 0.1) is 17.5 Å². The van der Waals surface area contributed by atoms with E-state index in [0.29, 0.717) is 5.69 Å². The quantitative estimate of drug-likeness (QED) is 0.666. The third-order valence-electron chi connectivity index (χ3n) is 6.56. The Balaban J connectivity index is 1.57. The molecule has 0 spiro atoms. The van der Waals surface area contributed by atoms with E-state index in [1.807, 2.05) is 24.3 Å². The van der Waals surface area contributed by atoms with Crippen molar-refractivity contribution in [1.29, 1.82) is 0 Å². The highest BCUT2D eigenvalue weighted by molar-refractivity contribution is 6.23. The van der Waals surface area contributed by atoms with Crippen molar-refractivity contribution in [3.63, 3.8) is 0 Å². The summed E-state index contributed by atoms with van der Waals surface area (Å²) in [7, 11) is 0. The molecule has 28 heavy (non-hydrogen) atoms. The number of phenolic OH excluding ortho intramolecular Hbond substituents is 1. The van der Waals surface area contributed by atoms with Gasteiger partial charge in [-0.2, -0.15) is 0 Å². The molecule has 1 fully saturated rings. The molecular weight excluding hydrogens is 350 g/mol. The summed E-state index contributed by atoms with van der Waals surface area (Å²) in [5.41, 5.74) is 5.19. The summed E-state index contributed by atoms with van der Waals surface area (Å²) in [4.78, 5) is 28.3. The van der Waals surface area contributed by atoms with Gasteiger partial charge in [-0.15, -0.1) is 0 Å². The van der Waals surface area contributed by atoms with Gasteiger partial charge in [0.1, 0.15) is 5.75 Å². The number of carbonyl (C=O) groups excluding carboxylic acids is 2. The van der Waals surface area contributed by atoms with Crippen LogP contribution in [0.4, 0.5) is 5.69 Å².